The third kappa shape index (κ3) is 0.373. The van der Waals surface area contributed by atoms with Crippen LogP contribution in [0.1, 0.15) is 6.42 Å². The maximum Gasteiger partial charge on any atom is 0.0965 e. The van der Waals surface area contributed by atoms with Gasteiger partial charge >= 0.3 is 0 Å². The molecule has 1 aliphatic rings. The van der Waals surface area contributed by atoms with Crippen LogP contribution in [0, 0.1) is 11.3 Å². The summed E-state index contributed by atoms with van der Waals surface area (Å²) in [6, 6.07) is 2.26. The van der Waals surface area contributed by atoms with Crippen molar-refractivity contribution < 1.29 is 0 Å². The summed E-state index contributed by atoms with van der Waals surface area (Å²) in [7, 11) is 0. The molecule has 1 fully saturated rings. The lowest BCUT2D eigenvalue weighted by atomic mass is 10.1. The molecule has 0 saturated carbocycles. The average molecular weight is 82.1 g/mol. The topological polar surface area (TPSA) is 35.8 Å². The first kappa shape index (κ1) is 3.63. The van der Waals surface area contributed by atoms with Crippen LogP contribution < -0.4 is 5.32 Å². The Balaban J connectivity index is 2.22. The molecule has 6 heavy (non-hydrogen) atoms. The van der Waals surface area contributed by atoms with Crippen molar-refractivity contribution in [3.05, 3.63) is 0 Å². The first-order valence-corrected chi connectivity index (χ1v) is 2.06. The maximum atomic E-state index is 8.07. The molecule has 1 atom stereocenters. The van der Waals surface area contributed by atoms with E-state index in [0.717, 1.165) is 13.0 Å². The van der Waals surface area contributed by atoms with Crippen molar-refractivity contribution in [3.8, 4) is 6.07 Å². The van der Waals surface area contributed by atoms with Gasteiger partial charge in [-0.1, -0.05) is 0 Å². The molecule has 0 aromatic heterocycles. The van der Waals surface area contributed by atoms with E-state index in [0.29, 0.717) is 0 Å². The van der Waals surface area contributed by atoms with E-state index in [9.17, 15) is 0 Å². The molecule has 0 aromatic carbocycles. The summed E-state index contributed by atoms with van der Waals surface area (Å²) < 4.78 is 0. The van der Waals surface area contributed by atoms with Gasteiger partial charge in [0.1, 0.15) is 0 Å². The number of hydrogen-bond donors (Lipinski definition) is 1. The Morgan fingerprint density at radius 3 is 2.50 bits per heavy atom. The highest BCUT2D eigenvalue weighted by atomic mass is 15.0. The molecule has 1 N–H and O–H groups in total. The van der Waals surface area contributed by atoms with Crippen LogP contribution in [0.4, 0.5) is 0 Å². The van der Waals surface area contributed by atoms with E-state index >= 15 is 0 Å². The molecular weight excluding hydrogens is 76.1 g/mol. The molecule has 1 heterocycles. The molecule has 0 amide bonds. The minimum atomic E-state index is 0.171. The number of nitrogens with zero attached hydrogens (tertiary/aromatic N) is 1. The van der Waals surface area contributed by atoms with Crippen LogP contribution >= 0.6 is 0 Å². The van der Waals surface area contributed by atoms with Crippen LogP contribution in [0.2, 0.25) is 0 Å². The van der Waals surface area contributed by atoms with Crippen molar-refractivity contribution in [2.45, 2.75) is 12.5 Å². The van der Waals surface area contributed by atoms with E-state index < -0.39 is 0 Å². The van der Waals surface area contributed by atoms with Crippen LogP contribution in [-0.4, -0.2) is 12.6 Å². The van der Waals surface area contributed by atoms with Crippen LogP contribution in [0.5, 0.6) is 0 Å². The molecule has 1 rings (SSSR count). The minimum absolute atomic E-state index is 0.171. The van der Waals surface area contributed by atoms with E-state index in [2.05, 4.69) is 11.4 Å². The molecule has 0 aliphatic carbocycles. The van der Waals surface area contributed by atoms with Gasteiger partial charge in [0.15, 0.2) is 0 Å². The quantitative estimate of drug-likeness (QED) is 0.442. The Bertz CT molecular complexity index is 78.0. The highest BCUT2D eigenvalue weighted by molar-refractivity contribution is 4.95. The van der Waals surface area contributed by atoms with Gasteiger partial charge in [0.2, 0.25) is 0 Å². The Kier molecular flexibility index (Phi) is 0.771. The standard InChI is InChI=1S/C4H6N2/c5-3-4-1-2-6-4/h4,6H,1-2H2/t4-/m1/s1. The van der Waals surface area contributed by atoms with Gasteiger partial charge < -0.3 is 5.32 Å². The van der Waals surface area contributed by atoms with Crippen molar-refractivity contribution in [3.63, 3.8) is 0 Å². The molecule has 2 nitrogen and oxygen atoms in total. The summed E-state index contributed by atoms with van der Waals surface area (Å²) in [4.78, 5) is 0. The summed E-state index contributed by atoms with van der Waals surface area (Å²) in [5.41, 5.74) is 0. The molecule has 1 aliphatic heterocycles. The molecular formula is C4H6N2. The Hall–Kier alpha value is -0.550. The van der Waals surface area contributed by atoms with Crippen molar-refractivity contribution in [2.75, 3.05) is 6.54 Å². The number of hydrogen-bond acceptors (Lipinski definition) is 2. The van der Waals surface area contributed by atoms with Crippen molar-refractivity contribution >= 4 is 0 Å². The van der Waals surface area contributed by atoms with Gasteiger partial charge in [-0.2, -0.15) is 5.26 Å². The van der Waals surface area contributed by atoms with Gasteiger partial charge in [-0.25, -0.2) is 0 Å². The number of nitrogens with one attached hydrogen (secondary N) is 1. The molecule has 0 radical (unpaired) electrons. The van der Waals surface area contributed by atoms with Crippen LogP contribution in [0.25, 0.3) is 0 Å². The second-order valence-electron chi connectivity index (χ2n) is 1.42. The van der Waals surface area contributed by atoms with E-state index in [1.54, 1.807) is 0 Å². The largest absolute Gasteiger partial charge is 0.302 e. The second kappa shape index (κ2) is 1.27. The predicted octanol–water partition coefficient (Wildman–Crippen LogP) is -0.128. The van der Waals surface area contributed by atoms with Crippen molar-refractivity contribution in [2.24, 2.45) is 0 Å². The molecule has 0 spiro atoms. The number of nitriles is 1. The lowest BCUT2D eigenvalue weighted by molar-refractivity contribution is 0.445. The molecule has 32 valence electrons. The fourth-order valence-corrected chi connectivity index (χ4v) is 0.399. The van der Waals surface area contributed by atoms with Gasteiger partial charge in [-0.15, -0.1) is 0 Å². The normalized spacial score (nSPS) is 30.8. The summed E-state index contributed by atoms with van der Waals surface area (Å²) in [6.07, 6.45) is 1.04. The van der Waals surface area contributed by atoms with E-state index in [1.807, 2.05) is 0 Å². The minimum Gasteiger partial charge on any atom is -0.302 e. The first-order chi connectivity index (χ1) is 2.93. The molecule has 1 saturated heterocycles. The summed E-state index contributed by atoms with van der Waals surface area (Å²) in [5.74, 6) is 0. The Labute approximate surface area is 36.8 Å². The van der Waals surface area contributed by atoms with Crippen LogP contribution in [-0.2, 0) is 0 Å². The average Bonchev–Trinajstić information content (AvgIpc) is 1.31. The van der Waals surface area contributed by atoms with Gasteiger partial charge in [0, 0.05) is 0 Å². The smallest absolute Gasteiger partial charge is 0.0965 e. The SMILES string of the molecule is N#C[C@H]1CCN1. The lowest BCUT2D eigenvalue weighted by Gasteiger charge is -2.19. The zero-order valence-corrected chi connectivity index (χ0v) is 3.44. The summed E-state index contributed by atoms with van der Waals surface area (Å²) in [6.45, 7) is 1.03. The fraction of sp³-hybridized carbons (Fsp3) is 0.750. The Morgan fingerprint density at radius 2 is 2.50 bits per heavy atom. The highest BCUT2D eigenvalue weighted by Crippen LogP contribution is 1.97. The number of rotatable bonds is 0. The molecule has 2 heteroatoms. The third-order valence-electron chi connectivity index (χ3n) is 0.980. The zero-order chi connectivity index (χ0) is 4.41. The van der Waals surface area contributed by atoms with Crippen LogP contribution in [0.15, 0.2) is 0 Å². The first-order valence-electron chi connectivity index (χ1n) is 2.06. The molecule has 0 unspecified atom stereocenters. The summed E-state index contributed by atoms with van der Waals surface area (Å²) >= 11 is 0. The van der Waals surface area contributed by atoms with E-state index in [-0.39, 0.29) is 6.04 Å². The van der Waals surface area contributed by atoms with Gasteiger partial charge in [-0.05, 0) is 13.0 Å². The fourth-order valence-electron chi connectivity index (χ4n) is 0.399. The molecule has 0 aromatic rings. The predicted molar refractivity (Wildman–Crippen MR) is 22.0 cm³/mol. The van der Waals surface area contributed by atoms with Crippen molar-refractivity contribution in [1.82, 2.24) is 5.32 Å². The summed E-state index contributed by atoms with van der Waals surface area (Å²) in [5, 5.41) is 11.0. The van der Waals surface area contributed by atoms with Gasteiger partial charge in [0.25, 0.3) is 0 Å². The monoisotopic (exact) mass is 82.1 g/mol. The van der Waals surface area contributed by atoms with E-state index in [4.69, 9.17) is 5.26 Å². The van der Waals surface area contributed by atoms with E-state index in [1.165, 1.54) is 0 Å². The molecule has 0 bridgehead atoms. The van der Waals surface area contributed by atoms with Crippen molar-refractivity contribution in [1.29, 1.82) is 5.26 Å². The third-order valence-corrected chi connectivity index (χ3v) is 0.980. The van der Waals surface area contributed by atoms with Crippen LogP contribution in [0.3, 0.4) is 0 Å². The second-order valence-corrected chi connectivity index (χ2v) is 1.42. The zero-order valence-electron chi connectivity index (χ0n) is 3.44. The highest BCUT2D eigenvalue weighted by Gasteiger charge is 2.13. The Morgan fingerprint density at radius 1 is 1.83 bits per heavy atom. The maximum absolute atomic E-state index is 8.07. The lowest BCUT2D eigenvalue weighted by Crippen LogP contribution is -2.41. The van der Waals surface area contributed by atoms with Gasteiger partial charge in [0.05, 0.1) is 12.1 Å². The van der Waals surface area contributed by atoms with Gasteiger partial charge in [-0.3, -0.25) is 0 Å².